The molecule has 0 bridgehead atoms. The smallest absolute Gasteiger partial charge is 0.138 e. The number of allylic oxidation sites excluding steroid dienone is 4. The van der Waals surface area contributed by atoms with E-state index in [0.29, 0.717) is 11.5 Å². The Morgan fingerprint density at radius 1 is 1.38 bits per heavy atom. The number of phenolic OH excluding ortho intramolecular Hbond substituents is 1. The Morgan fingerprint density at radius 2 is 2.12 bits per heavy atom. The molecule has 1 aliphatic rings. The van der Waals surface area contributed by atoms with Gasteiger partial charge in [0.1, 0.15) is 17.3 Å². The van der Waals surface area contributed by atoms with Gasteiger partial charge in [-0.1, -0.05) is 18.7 Å². The van der Waals surface area contributed by atoms with E-state index in [4.69, 9.17) is 4.74 Å². The van der Waals surface area contributed by atoms with Crippen molar-refractivity contribution in [2.45, 2.75) is 13.8 Å². The zero-order valence-electron chi connectivity index (χ0n) is 9.45. The molecule has 0 saturated heterocycles. The molecule has 0 saturated carbocycles. The van der Waals surface area contributed by atoms with E-state index >= 15 is 0 Å². The standard InChI is InChI=1S/C14H14O2/c1-4-5-12-9(2)10(3)16-14-8-11(15)6-7-13(12)14/h4-8,15H,3H2,1-2H3. The highest BCUT2D eigenvalue weighted by Gasteiger charge is 2.19. The first-order valence-electron chi connectivity index (χ1n) is 5.17. The number of phenols is 1. The van der Waals surface area contributed by atoms with E-state index in [1.165, 1.54) is 0 Å². The van der Waals surface area contributed by atoms with Gasteiger partial charge in [-0.05, 0) is 37.1 Å². The molecule has 2 heteroatoms. The second-order valence-corrected chi connectivity index (χ2v) is 3.74. The molecule has 0 unspecified atom stereocenters. The molecule has 2 nitrogen and oxygen atoms in total. The molecule has 82 valence electrons. The number of benzene rings is 1. The van der Waals surface area contributed by atoms with E-state index < -0.39 is 0 Å². The summed E-state index contributed by atoms with van der Waals surface area (Å²) in [7, 11) is 0. The highest BCUT2D eigenvalue weighted by Crippen LogP contribution is 2.39. The van der Waals surface area contributed by atoms with E-state index in [1.807, 2.05) is 32.1 Å². The van der Waals surface area contributed by atoms with E-state index in [1.54, 1.807) is 12.1 Å². The van der Waals surface area contributed by atoms with Crippen LogP contribution >= 0.6 is 0 Å². The van der Waals surface area contributed by atoms with Crippen LogP contribution in [0.4, 0.5) is 0 Å². The largest absolute Gasteiger partial charge is 0.508 e. The summed E-state index contributed by atoms with van der Waals surface area (Å²) in [6.45, 7) is 7.81. The summed E-state index contributed by atoms with van der Waals surface area (Å²) in [5.74, 6) is 1.49. The van der Waals surface area contributed by atoms with Gasteiger partial charge < -0.3 is 9.84 Å². The number of hydrogen-bond donors (Lipinski definition) is 1. The molecule has 2 rings (SSSR count). The minimum atomic E-state index is 0.200. The van der Waals surface area contributed by atoms with Crippen molar-refractivity contribution in [3.63, 3.8) is 0 Å². The Bertz CT molecular complexity index is 507. The van der Waals surface area contributed by atoms with Crippen LogP contribution in [-0.4, -0.2) is 5.11 Å². The van der Waals surface area contributed by atoms with Gasteiger partial charge in [-0.15, -0.1) is 0 Å². The van der Waals surface area contributed by atoms with Crippen LogP contribution in [0, 0.1) is 0 Å². The van der Waals surface area contributed by atoms with Crippen molar-refractivity contribution in [1.82, 2.24) is 0 Å². The van der Waals surface area contributed by atoms with Gasteiger partial charge >= 0.3 is 0 Å². The number of aromatic hydroxyl groups is 1. The number of ether oxygens (including phenoxy) is 1. The molecule has 1 aliphatic heterocycles. The van der Waals surface area contributed by atoms with Gasteiger partial charge in [0, 0.05) is 11.6 Å². The first-order chi connectivity index (χ1) is 7.63. The topological polar surface area (TPSA) is 29.5 Å². The van der Waals surface area contributed by atoms with Crippen LogP contribution in [0.25, 0.3) is 5.57 Å². The molecule has 1 N–H and O–H groups in total. The predicted octanol–water partition coefficient (Wildman–Crippen LogP) is 3.65. The minimum Gasteiger partial charge on any atom is -0.508 e. The fourth-order valence-electron chi connectivity index (χ4n) is 1.76. The fourth-order valence-corrected chi connectivity index (χ4v) is 1.76. The Morgan fingerprint density at radius 3 is 2.81 bits per heavy atom. The van der Waals surface area contributed by atoms with Crippen LogP contribution in [-0.2, 0) is 0 Å². The molecule has 0 amide bonds. The molecule has 0 atom stereocenters. The third kappa shape index (κ3) is 1.63. The predicted molar refractivity (Wildman–Crippen MR) is 65.3 cm³/mol. The minimum absolute atomic E-state index is 0.200. The lowest BCUT2D eigenvalue weighted by molar-refractivity contribution is 0.423. The maximum atomic E-state index is 9.41. The van der Waals surface area contributed by atoms with Crippen molar-refractivity contribution in [3.8, 4) is 11.5 Å². The average Bonchev–Trinajstić information content (AvgIpc) is 2.24. The zero-order chi connectivity index (χ0) is 11.7. The van der Waals surface area contributed by atoms with E-state index in [2.05, 4.69) is 6.58 Å². The van der Waals surface area contributed by atoms with Gasteiger partial charge in [0.05, 0.1) is 0 Å². The Hall–Kier alpha value is -1.96. The fraction of sp³-hybridized carbons (Fsp3) is 0.143. The van der Waals surface area contributed by atoms with Gasteiger partial charge in [-0.25, -0.2) is 0 Å². The molecule has 16 heavy (non-hydrogen) atoms. The second kappa shape index (κ2) is 3.89. The molecule has 0 aliphatic carbocycles. The van der Waals surface area contributed by atoms with Gasteiger partial charge in [0.2, 0.25) is 0 Å². The summed E-state index contributed by atoms with van der Waals surface area (Å²) < 4.78 is 5.56. The Labute approximate surface area is 95.2 Å². The average molecular weight is 214 g/mol. The maximum absolute atomic E-state index is 9.41. The molecule has 1 heterocycles. The van der Waals surface area contributed by atoms with Crippen LogP contribution in [0.5, 0.6) is 11.5 Å². The quantitative estimate of drug-likeness (QED) is 0.773. The monoisotopic (exact) mass is 214 g/mol. The van der Waals surface area contributed by atoms with Crippen molar-refractivity contribution >= 4 is 5.57 Å². The third-order valence-electron chi connectivity index (χ3n) is 2.64. The molecule has 0 spiro atoms. The van der Waals surface area contributed by atoms with Crippen LogP contribution in [0.2, 0.25) is 0 Å². The van der Waals surface area contributed by atoms with Gasteiger partial charge in [-0.2, -0.15) is 0 Å². The zero-order valence-corrected chi connectivity index (χ0v) is 9.45. The number of rotatable bonds is 1. The molecule has 0 fully saturated rings. The normalized spacial score (nSPS) is 15.2. The van der Waals surface area contributed by atoms with Crippen LogP contribution in [0.1, 0.15) is 19.4 Å². The lowest BCUT2D eigenvalue weighted by atomic mass is 9.96. The molecule has 0 aromatic heterocycles. The SMILES string of the molecule is C=C1Oc2cc(O)ccc2C(C=CC)=C1C. The second-order valence-electron chi connectivity index (χ2n) is 3.74. The summed E-state index contributed by atoms with van der Waals surface area (Å²) >= 11 is 0. The van der Waals surface area contributed by atoms with Crippen LogP contribution in [0.15, 0.2) is 48.3 Å². The summed E-state index contributed by atoms with van der Waals surface area (Å²) in [5.41, 5.74) is 3.10. The maximum Gasteiger partial charge on any atom is 0.138 e. The van der Waals surface area contributed by atoms with Crippen molar-refractivity contribution in [1.29, 1.82) is 0 Å². The van der Waals surface area contributed by atoms with E-state index in [-0.39, 0.29) is 5.75 Å². The third-order valence-corrected chi connectivity index (χ3v) is 2.64. The van der Waals surface area contributed by atoms with E-state index in [9.17, 15) is 5.11 Å². The highest BCUT2D eigenvalue weighted by atomic mass is 16.5. The molecule has 1 aromatic carbocycles. The molecular weight excluding hydrogens is 200 g/mol. The Balaban J connectivity index is 2.66. The van der Waals surface area contributed by atoms with Crippen LogP contribution in [0.3, 0.4) is 0 Å². The first-order valence-corrected chi connectivity index (χ1v) is 5.17. The summed E-state index contributed by atoms with van der Waals surface area (Å²) in [5, 5.41) is 9.41. The first kappa shape index (κ1) is 10.6. The number of fused-ring (bicyclic) bond motifs is 1. The van der Waals surface area contributed by atoms with Crippen LogP contribution < -0.4 is 4.74 Å². The van der Waals surface area contributed by atoms with E-state index in [0.717, 1.165) is 16.7 Å². The van der Waals surface area contributed by atoms with Crippen molar-refractivity contribution in [3.05, 3.63) is 53.8 Å². The van der Waals surface area contributed by atoms with Crippen molar-refractivity contribution in [2.24, 2.45) is 0 Å². The highest BCUT2D eigenvalue weighted by molar-refractivity contribution is 5.84. The molecular formula is C14H14O2. The van der Waals surface area contributed by atoms with Gasteiger partial charge in [0.15, 0.2) is 0 Å². The number of hydrogen-bond acceptors (Lipinski definition) is 2. The lowest BCUT2D eigenvalue weighted by Crippen LogP contribution is -2.05. The van der Waals surface area contributed by atoms with Crippen molar-refractivity contribution in [2.75, 3.05) is 0 Å². The lowest BCUT2D eigenvalue weighted by Gasteiger charge is -2.22. The summed E-state index contributed by atoms with van der Waals surface area (Å²) in [6, 6.07) is 5.12. The summed E-state index contributed by atoms with van der Waals surface area (Å²) in [4.78, 5) is 0. The molecule has 1 aromatic rings. The van der Waals surface area contributed by atoms with Crippen molar-refractivity contribution < 1.29 is 9.84 Å². The van der Waals surface area contributed by atoms with Gasteiger partial charge in [0.25, 0.3) is 0 Å². The molecule has 0 radical (unpaired) electrons. The summed E-state index contributed by atoms with van der Waals surface area (Å²) in [6.07, 6.45) is 4.01. The Kier molecular flexibility index (Phi) is 2.57. The van der Waals surface area contributed by atoms with Gasteiger partial charge in [-0.3, -0.25) is 0 Å².